The summed E-state index contributed by atoms with van der Waals surface area (Å²) in [7, 11) is -3.57. The quantitative estimate of drug-likeness (QED) is 0.588. The molecule has 1 fully saturated rings. The first-order valence-electron chi connectivity index (χ1n) is 9.49. The molecule has 30 heavy (non-hydrogen) atoms. The van der Waals surface area contributed by atoms with Crippen LogP contribution in [0.2, 0.25) is 0 Å². The summed E-state index contributed by atoms with van der Waals surface area (Å²) in [5, 5.41) is 3.52. The van der Waals surface area contributed by atoms with Crippen LogP contribution in [0.1, 0.15) is 22.5 Å². The molecule has 1 aliphatic heterocycles. The van der Waals surface area contributed by atoms with Gasteiger partial charge in [-0.25, -0.2) is 13.2 Å². The van der Waals surface area contributed by atoms with E-state index in [1.54, 1.807) is 18.2 Å². The molecule has 4 rings (SSSR count). The van der Waals surface area contributed by atoms with Gasteiger partial charge in [0.25, 0.3) is 5.91 Å². The van der Waals surface area contributed by atoms with Gasteiger partial charge in [0, 0.05) is 23.5 Å². The Hall–Kier alpha value is -2.75. The second-order valence-electron chi connectivity index (χ2n) is 6.91. The van der Waals surface area contributed by atoms with Crippen LogP contribution >= 0.6 is 11.3 Å². The number of benzene rings is 2. The van der Waals surface area contributed by atoms with Crippen LogP contribution in [0.25, 0.3) is 10.1 Å². The number of sulfonamides is 1. The lowest BCUT2D eigenvalue weighted by Crippen LogP contribution is -2.28. The lowest BCUT2D eigenvalue weighted by molar-refractivity contribution is -0.119. The van der Waals surface area contributed by atoms with Crippen molar-refractivity contribution < 1.29 is 22.7 Å². The lowest BCUT2D eigenvalue weighted by atomic mass is 10.2. The van der Waals surface area contributed by atoms with E-state index in [-0.39, 0.29) is 4.90 Å². The zero-order chi connectivity index (χ0) is 21.1. The number of hydrogen-bond donors (Lipinski definition) is 1. The zero-order valence-electron chi connectivity index (χ0n) is 16.0. The van der Waals surface area contributed by atoms with Gasteiger partial charge in [-0.2, -0.15) is 4.31 Å². The molecular formula is C21H20N2O5S2. The van der Waals surface area contributed by atoms with Gasteiger partial charge < -0.3 is 10.1 Å². The molecule has 7 nitrogen and oxygen atoms in total. The highest BCUT2D eigenvalue weighted by Crippen LogP contribution is 2.26. The van der Waals surface area contributed by atoms with Crippen LogP contribution in [-0.4, -0.2) is 44.3 Å². The number of rotatable bonds is 6. The van der Waals surface area contributed by atoms with Gasteiger partial charge in [-0.15, -0.1) is 11.3 Å². The fourth-order valence-electron chi connectivity index (χ4n) is 3.29. The standard InChI is InChI=1S/C21H20N2O5S2/c24-20(14-28-21(25)19-12-15-6-1-2-9-18(15)29-19)22-16-7-5-8-17(13-16)30(26,27)23-10-3-4-11-23/h1-2,5-9,12-13H,3-4,10-11,14H2,(H,22,24). The Bertz CT molecular complexity index is 1160. The third-order valence-corrected chi connectivity index (χ3v) is 7.77. The summed E-state index contributed by atoms with van der Waals surface area (Å²) in [6.07, 6.45) is 1.70. The molecule has 1 aliphatic rings. The van der Waals surface area contributed by atoms with Crippen molar-refractivity contribution in [3.63, 3.8) is 0 Å². The van der Waals surface area contributed by atoms with Crippen molar-refractivity contribution in [2.24, 2.45) is 0 Å². The normalized spacial score (nSPS) is 14.7. The van der Waals surface area contributed by atoms with E-state index in [0.717, 1.165) is 22.9 Å². The van der Waals surface area contributed by atoms with Crippen molar-refractivity contribution in [2.75, 3.05) is 25.0 Å². The Morgan fingerprint density at radius 3 is 2.57 bits per heavy atom. The molecule has 1 N–H and O–H groups in total. The number of anilines is 1. The molecule has 0 aliphatic carbocycles. The van der Waals surface area contributed by atoms with Crippen molar-refractivity contribution in [2.45, 2.75) is 17.7 Å². The van der Waals surface area contributed by atoms with Crippen LogP contribution in [0.3, 0.4) is 0 Å². The molecule has 2 aromatic carbocycles. The smallest absolute Gasteiger partial charge is 0.348 e. The molecule has 0 spiro atoms. The zero-order valence-corrected chi connectivity index (χ0v) is 17.7. The van der Waals surface area contributed by atoms with Crippen LogP contribution in [0, 0.1) is 0 Å². The van der Waals surface area contributed by atoms with Crippen LogP contribution < -0.4 is 5.32 Å². The summed E-state index contributed by atoms with van der Waals surface area (Å²) in [6, 6.07) is 15.4. The Morgan fingerprint density at radius 2 is 1.80 bits per heavy atom. The van der Waals surface area contributed by atoms with Gasteiger partial charge >= 0.3 is 5.97 Å². The second-order valence-corrected chi connectivity index (χ2v) is 9.93. The van der Waals surface area contributed by atoms with Crippen LogP contribution in [-0.2, 0) is 19.6 Å². The van der Waals surface area contributed by atoms with E-state index < -0.39 is 28.5 Å². The van der Waals surface area contributed by atoms with E-state index in [2.05, 4.69) is 5.32 Å². The summed E-state index contributed by atoms with van der Waals surface area (Å²) in [4.78, 5) is 25.0. The monoisotopic (exact) mass is 444 g/mol. The first kappa shape index (κ1) is 20.5. The molecule has 0 bridgehead atoms. The van der Waals surface area contributed by atoms with Crippen LogP contribution in [0.5, 0.6) is 0 Å². The Labute approximate surface area is 178 Å². The van der Waals surface area contributed by atoms with Crippen molar-refractivity contribution >= 4 is 49.0 Å². The van der Waals surface area contributed by atoms with Gasteiger partial charge in [0.1, 0.15) is 4.88 Å². The number of fused-ring (bicyclic) bond motifs is 1. The Balaban J connectivity index is 1.37. The second kappa shape index (κ2) is 8.55. The summed E-state index contributed by atoms with van der Waals surface area (Å²) in [5.41, 5.74) is 0.332. The van der Waals surface area contributed by atoms with Crippen LogP contribution in [0.4, 0.5) is 5.69 Å². The van der Waals surface area contributed by atoms with Crippen molar-refractivity contribution in [1.82, 2.24) is 4.31 Å². The Kier molecular flexibility index (Phi) is 5.85. The lowest BCUT2D eigenvalue weighted by Gasteiger charge is -2.16. The highest BCUT2D eigenvalue weighted by Gasteiger charge is 2.27. The molecule has 0 radical (unpaired) electrons. The molecule has 3 aromatic rings. The maximum absolute atomic E-state index is 12.7. The first-order chi connectivity index (χ1) is 14.4. The third-order valence-electron chi connectivity index (χ3n) is 4.78. The number of hydrogen-bond acceptors (Lipinski definition) is 6. The molecule has 9 heteroatoms. The SMILES string of the molecule is O=C(COC(=O)c1cc2ccccc2s1)Nc1cccc(S(=O)(=O)N2CCCC2)c1. The number of carbonyl (C=O) groups is 2. The molecule has 0 saturated carbocycles. The maximum Gasteiger partial charge on any atom is 0.348 e. The molecule has 0 unspecified atom stereocenters. The summed E-state index contributed by atoms with van der Waals surface area (Å²) in [6.45, 7) is 0.551. The number of carbonyl (C=O) groups excluding carboxylic acids is 2. The van der Waals surface area contributed by atoms with Gasteiger partial charge in [-0.05, 0) is 48.6 Å². The first-order valence-corrected chi connectivity index (χ1v) is 11.7. The van der Waals surface area contributed by atoms with Gasteiger partial charge in [0.2, 0.25) is 10.0 Å². The molecule has 2 heterocycles. The average molecular weight is 445 g/mol. The Morgan fingerprint density at radius 1 is 1.03 bits per heavy atom. The number of amides is 1. The van der Waals surface area contributed by atoms with E-state index in [9.17, 15) is 18.0 Å². The van der Waals surface area contributed by atoms with Crippen molar-refractivity contribution in [3.8, 4) is 0 Å². The molecule has 0 atom stereocenters. The number of thiophene rings is 1. The molecule has 1 aromatic heterocycles. The maximum atomic E-state index is 12.7. The van der Waals surface area contributed by atoms with E-state index in [1.165, 1.54) is 27.8 Å². The summed E-state index contributed by atoms with van der Waals surface area (Å²) in [5.74, 6) is -1.11. The minimum absolute atomic E-state index is 0.129. The van der Waals surface area contributed by atoms with Gasteiger partial charge in [-0.1, -0.05) is 24.3 Å². The number of esters is 1. The number of ether oxygens (including phenoxy) is 1. The van der Waals surface area contributed by atoms with Crippen molar-refractivity contribution in [3.05, 3.63) is 59.5 Å². The average Bonchev–Trinajstić information content (AvgIpc) is 3.42. The molecule has 1 amide bonds. The largest absolute Gasteiger partial charge is 0.451 e. The summed E-state index contributed by atoms with van der Waals surface area (Å²) >= 11 is 1.30. The topological polar surface area (TPSA) is 92.8 Å². The van der Waals surface area contributed by atoms with Crippen LogP contribution in [0.15, 0.2) is 59.5 Å². The fraction of sp³-hybridized carbons (Fsp3) is 0.238. The number of nitrogens with zero attached hydrogens (tertiary/aromatic N) is 1. The van der Waals surface area contributed by atoms with E-state index >= 15 is 0 Å². The third kappa shape index (κ3) is 4.38. The minimum Gasteiger partial charge on any atom is -0.451 e. The highest BCUT2D eigenvalue weighted by molar-refractivity contribution is 7.89. The van der Waals surface area contributed by atoms with E-state index in [1.807, 2.05) is 24.3 Å². The van der Waals surface area contributed by atoms with Gasteiger partial charge in [0.15, 0.2) is 6.61 Å². The highest BCUT2D eigenvalue weighted by atomic mass is 32.2. The van der Waals surface area contributed by atoms with Gasteiger partial charge in [0.05, 0.1) is 4.90 Å². The predicted octanol–water partition coefficient (Wildman–Crippen LogP) is 3.48. The van der Waals surface area contributed by atoms with E-state index in [0.29, 0.717) is 23.7 Å². The van der Waals surface area contributed by atoms with Gasteiger partial charge in [-0.3, -0.25) is 4.79 Å². The molecule has 156 valence electrons. The predicted molar refractivity (Wildman–Crippen MR) is 115 cm³/mol. The molecular weight excluding hydrogens is 424 g/mol. The fourth-order valence-corrected chi connectivity index (χ4v) is 5.81. The van der Waals surface area contributed by atoms with Crippen molar-refractivity contribution in [1.29, 1.82) is 0 Å². The summed E-state index contributed by atoms with van der Waals surface area (Å²) < 4.78 is 32.8. The minimum atomic E-state index is -3.57. The molecule has 1 saturated heterocycles. The van der Waals surface area contributed by atoms with E-state index in [4.69, 9.17) is 4.74 Å². The number of nitrogens with one attached hydrogen (secondary N) is 1.